The minimum Gasteiger partial charge on any atom is -0.480 e. The third kappa shape index (κ3) is 6.69. The number of ketones is 1. The molecule has 6 N–H and O–H groups in total. The van der Waals surface area contributed by atoms with Gasteiger partial charge in [0.25, 0.3) is 5.91 Å². The fraction of sp³-hybridized carbons (Fsp3) is 0.625. The highest BCUT2D eigenvalue weighted by Crippen LogP contribution is 2.65. The molecule has 1 aliphatic heterocycles. The number of hydrogen-bond donors (Lipinski definition) is 5. The number of urea groups is 1. The molecule has 1 heterocycles. The van der Waals surface area contributed by atoms with Crippen molar-refractivity contribution in [3.8, 4) is 0 Å². The van der Waals surface area contributed by atoms with Crippen molar-refractivity contribution in [3.05, 3.63) is 35.4 Å². The van der Waals surface area contributed by atoms with Crippen LogP contribution in [0.15, 0.2) is 24.3 Å². The van der Waals surface area contributed by atoms with E-state index < -0.39 is 87.2 Å². The average Bonchev–Trinajstić information content (AvgIpc) is 3.32. The molecular weight excluding hydrogens is 637 g/mol. The van der Waals surface area contributed by atoms with Crippen molar-refractivity contribution in [1.82, 2.24) is 20.9 Å². The second-order valence-electron chi connectivity index (χ2n) is 14.2. The number of piperidine rings is 1. The number of nitrogens with zero attached hydrogens (tertiary/aromatic N) is 1. The molecule has 5 amide bonds. The Kier molecular flexibility index (Phi) is 9.36. The molecule has 1 aromatic rings. The van der Waals surface area contributed by atoms with Crippen LogP contribution in [0.5, 0.6) is 0 Å². The number of rotatable bonds is 11. The van der Waals surface area contributed by atoms with E-state index in [2.05, 4.69) is 16.0 Å². The Morgan fingerprint density at radius 3 is 2.13 bits per heavy atom. The first kappa shape index (κ1) is 34.0. The Morgan fingerprint density at radius 1 is 1.02 bits per heavy atom. The fourth-order valence-corrected chi connectivity index (χ4v) is 8.03. The normalized spacial score (nSPS) is 25.2. The number of carboxylic acids is 1. The summed E-state index contributed by atoms with van der Waals surface area (Å²) in [5.41, 5.74) is 6.52. The van der Waals surface area contributed by atoms with Crippen LogP contribution in [0.25, 0.3) is 0 Å². The van der Waals surface area contributed by atoms with Crippen molar-refractivity contribution in [1.29, 1.82) is 0 Å². The first-order valence-corrected chi connectivity index (χ1v) is 16.4. The zero-order chi connectivity index (χ0) is 33.7. The van der Waals surface area contributed by atoms with Gasteiger partial charge in [0.05, 0.1) is 6.04 Å². The largest absolute Gasteiger partial charge is 0.480 e. The zero-order valence-corrected chi connectivity index (χ0v) is 27.6. The molecule has 46 heavy (non-hydrogen) atoms. The van der Waals surface area contributed by atoms with Crippen LogP contribution in [-0.4, -0.2) is 80.6 Å². The molecule has 2 saturated carbocycles. The number of primary amides is 1. The predicted molar refractivity (Wildman–Crippen MR) is 169 cm³/mol. The maximum Gasteiger partial charge on any atom is 0.326 e. The number of nitrogens with one attached hydrogen (secondary N) is 3. The first-order valence-electron chi connectivity index (χ1n) is 15.7. The van der Waals surface area contributed by atoms with E-state index in [1.165, 1.54) is 4.90 Å². The van der Waals surface area contributed by atoms with Crippen LogP contribution in [0.1, 0.15) is 57.6 Å². The lowest BCUT2D eigenvalue weighted by Gasteiger charge is -2.36. The number of benzene rings is 1. The van der Waals surface area contributed by atoms with Gasteiger partial charge in [0.15, 0.2) is 0 Å². The van der Waals surface area contributed by atoms with Crippen LogP contribution < -0.4 is 21.7 Å². The van der Waals surface area contributed by atoms with E-state index in [4.69, 9.17) is 28.9 Å². The first-order chi connectivity index (χ1) is 21.5. The zero-order valence-electron chi connectivity index (χ0n) is 26.1. The maximum absolute atomic E-state index is 14.4. The van der Waals surface area contributed by atoms with Crippen LogP contribution in [0.4, 0.5) is 4.79 Å². The molecule has 0 bridgehead atoms. The monoisotopic (exact) mass is 677 g/mol. The Hall–Kier alpha value is -3.38. The number of alkyl halides is 2. The van der Waals surface area contributed by atoms with Crippen LogP contribution >= 0.6 is 23.2 Å². The quantitative estimate of drug-likeness (QED) is 0.175. The number of fused-ring (bicyclic) bond motifs is 2. The summed E-state index contributed by atoms with van der Waals surface area (Å²) in [5.74, 6) is -5.85. The summed E-state index contributed by atoms with van der Waals surface area (Å²) < 4.78 is -1.28. The van der Waals surface area contributed by atoms with Gasteiger partial charge < -0.3 is 31.7 Å². The summed E-state index contributed by atoms with van der Waals surface area (Å²) >= 11 is 13.1. The van der Waals surface area contributed by atoms with Crippen molar-refractivity contribution in [2.45, 2.75) is 87.8 Å². The van der Waals surface area contributed by atoms with Crippen LogP contribution in [-0.2, 0) is 36.8 Å². The molecule has 1 saturated heterocycles. The van der Waals surface area contributed by atoms with E-state index in [0.717, 1.165) is 30.4 Å². The molecule has 3 fully saturated rings. The molecule has 4 aliphatic rings. The second-order valence-corrected chi connectivity index (χ2v) is 15.7. The number of Topliss-reactive ketones (excluding diaryl/α,β-unsaturated/α-hetero) is 1. The summed E-state index contributed by atoms with van der Waals surface area (Å²) in [5, 5.41) is 17.7. The molecule has 5 rings (SSSR count). The van der Waals surface area contributed by atoms with E-state index in [9.17, 15) is 33.9 Å². The van der Waals surface area contributed by atoms with Crippen LogP contribution in [0, 0.1) is 29.1 Å². The molecule has 0 spiro atoms. The number of halogens is 2. The van der Waals surface area contributed by atoms with Gasteiger partial charge in [-0.25, -0.2) is 9.59 Å². The number of amides is 5. The van der Waals surface area contributed by atoms with Gasteiger partial charge in [-0.3, -0.25) is 19.2 Å². The molecule has 3 aliphatic carbocycles. The van der Waals surface area contributed by atoms with Gasteiger partial charge in [-0.1, -0.05) is 64.3 Å². The Balaban J connectivity index is 1.40. The minimum absolute atomic E-state index is 0.0326. The van der Waals surface area contributed by atoms with Gasteiger partial charge in [0.2, 0.25) is 17.6 Å². The minimum atomic E-state index is -1.28. The number of carboxylic acid groups (broad SMARTS) is 1. The molecule has 1 unspecified atom stereocenters. The van der Waals surface area contributed by atoms with Gasteiger partial charge in [0, 0.05) is 18.4 Å². The van der Waals surface area contributed by atoms with Gasteiger partial charge in [-0.2, -0.15) is 0 Å². The summed E-state index contributed by atoms with van der Waals surface area (Å²) in [6.07, 6.45) is 3.90. The topological polar surface area (TPSA) is 188 Å². The molecule has 250 valence electrons. The van der Waals surface area contributed by atoms with Gasteiger partial charge >= 0.3 is 12.0 Å². The van der Waals surface area contributed by atoms with Crippen molar-refractivity contribution < 1.29 is 33.9 Å². The number of carbonyl (C=O) groups is 6. The molecular formula is C32H41Cl2N5O7. The molecule has 0 radical (unpaired) electrons. The summed E-state index contributed by atoms with van der Waals surface area (Å²) in [7, 11) is 0. The molecule has 0 aromatic heterocycles. The molecule has 6 atom stereocenters. The van der Waals surface area contributed by atoms with Crippen molar-refractivity contribution in [3.63, 3.8) is 0 Å². The highest BCUT2D eigenvalue weighted by atomic mass is 35.5. The Labute approximate surface area is 277 Å². The Bertz CT molecular complexity index is 1420. The lowest BCUT2D eigenvalue weighted by atomic mass is 9.80. The summed E-state index contributed by atoms with van der Waals surface area (Å²) in [6, 6.07) is 2.14. The van der Waals surface area contributed by atoms with E-state index in [1.54, 1.807) is 20.8 Å². The summed E-state index contributed by atoms with van der Waals surface area (Å²) in [4.78, 5) is 79.5. The summed E-state index contributed by atoms with van der Waals surface area (Å²) in [6.45, 7) is 5.06. The Morgan fingerprint density at radius 2 is 1.63 bits per heavy atom. The van der Waals surface area contributed by atoms with Crippen LogP contribution in [0.3, 0.4) is 0 Å². The average molecular weight is 679 g/mol. The number of nitrogens with two attached hydrogens (primary N) is 1. The number of likely N-dealkylation sites (tertiary alicyclic amines) is 1. The van der Waals surface area contributed by atoms with Crippen LogP contribution in [0.2, 0.25) is 0 Å². The van der Waals surface area contributed by atoms with Gasteiger partial charge in [-0.05, 0) is 47.6 Å². The van der Waals surface area contributed by atoms with Crippen molar-refractivity contribution in [2.24, 2.45) is 34.8 Å². The standard InChI is InChI=1S/C32H41Cl2N5O7/c1-31(2,3)25(29(44)45)38-30(46)37-22(18-12-16-9-4-5-10-17(16)13-18)28(43)39-14-19-21(32(19,33)34)23(39)27(42)36-20(24(40)26(35)41)11-15-7-6-8-15/h4-5,9-10,15,18-23,25H,6-8,11-14H2,1-3H3,(H2,35,41)(H,36,42)(H,44,45)(H2,37,38,46)/t19-,20?,21-,22-,23-,25+/m0/s1. The highest BCUT2D eigenvalue weighted by Gasteiger charge is 2.74. The predicted octanol–water partition coefficient (Wildman–Crippen LogP) is 1.93. The van der Waals surface area contributed by atoms with E-state index in [0.29, 0.717) is 12.8 Å². The fourth-order valence-electron chi connectivity index (χ4n) is 7.21. The van der Waals surface area contributed by atoms with E-state index in [-0.39, 0.29) is 18.9 Å². The van der Waals surface area contributed by atoms with Gasteiger partial charge in [-0.15, -0.1) is 23.2 Å². The number of hydrogen-bond acceptors (Lipinski definition) is 6. The lowest BCUT2D eigenvalue weighted by Crippen LogP contribution is -2.61. The third-order valence-electron chi connectivity index (χ3n) is 10.0. The molecule has 1 aromatic carbocycles. The lowest BCUT2D eigenvalue weighted by molar-refractivity contribution is -0.144. The number of carbonyl (C=O) groups excluding carboxylic acids is 5. The molecule has 12 nitrogen and oxygen atoms in total. The van der Waals surface area contributed by atoms with E-state index in [1.807, 2.05) is 24.3 Å². The maximum atomic E-state index is 14.4. The second kappa shape index (κ2) is 12.7. The van der Waals surface area contributed by atoms with E-state index >= 15 is 0 Å². The number of aliphatic carboxylic acids is 1. The highest BCUT2D eigenvalue weighted by molar-refractivity contribution is 6.51. The van der Waals surface area contributed by atoms with Crippen molar-refractivity contribution >= 4 is 58.7 Å². The van der Waals surface area contributed by atoms with Crippen molar-refractivity contribution in [2.75, 3.05) is 6.54 Å². The SMILES string of the molecule is CC(C)(C)[C@H](NC(=O)N[C@H](C(=O)N1C[C@H]2[C@@H]([C@H]1C(=O)NC(CC1CCC1)C(=O)C(N)=O)C2(Cl)Cl)C1Cc2ccccc2C1)C(=O)O. The smallest absolute Gasteiger partial charge is 0.326 e. The van der Waals surface area contributed by atoms with Gasteiger partial charge in [0.1, 0.15) is 22.5 Å². The third-order valence-corrected chi connectivity index (χ3v) is 11.1. The molecule has 14 heteroatoms.